The molecule has 1 aliphatic heterocycles. The number of hydrogen-bond donors (Lipinski definition) is 1. The summed E-state index contributed by atoms with van der Waals surface area (Å²) >= 11 is 0. The zero-order chi connectivity index (χ0) is 16.3. The number of ether oxygens (including phenoxy) is 1. The molecule has 1 aliphatic rings. The Balaban J connectivity index is 2.28. The predicted octanol–water partition coefficient (Wildman–Crippen LogP) is 1.27. The molecule has 0 aromatic heterocycles. The van der Waals surface area contributed by atoms with Crippen molar-refractivity contribution in [2.45, 2.75) is 20.3 Å². The Morgan fingerprint density at radius 3 is 2.77 bits per heavy atom. The van der Waals surface area contributed by atoms with Gasteiger partial charge in [0, 0.05) is 30.8 Å². The summed E-state index contributed by atoms with van der Waals surface area (Å²) in [6.07, 6.45) is 0.136. The van der Waals surface area contributed by atoms with E-state index in [2.05, 4.69) is 5.32 Å². The number of rotatable bonds is 4. The number of nitrogens with one attached hydrogen (secondary N) is 1. The number of amides is 2. The summed E-state index contributed by atoms with van der Waals surface area (Å²) < 4.78 is 4.71. The number of hydrogen-bond acceptors (Lipinski definition) is 4. The van der Waals surface area contributed by atoms with Crippen molar-refractivity contribution in [3.63, 3.8) is 0 Å². The largest absolute Gasteiger partial charge is 0.469 e. The zero-order valence-electron chi connectivity index (χ0n) is 13.0. The molecule has 1 heterocycles. The van der Waals surface area contributed by atoms with Crippen LogP contribution in [0.4, 0.5) is 5.69 Å². The van der Waals surface area contributed by atoms with Crippen molar-refractivity contribution >= 4 is 23.5 Å². The van der Waals surface area contributed by atoms with Crippen molar-refractivity contribution in [3.8, 4) is 0 Å². The number of carbonyl (C=O) groups is 3. The molecule has 6 nitrogen and oxygen atoms in total. The molecule has 1 fully saturated rings. The number of methoxy groups -OCH3 is 1. The molecule has 1 N–H and O–H groups in total. The molecule has 118 valence electrons. The normalized spacial score (nSPS) is 17.5. The van der Waals surface area contributed by atoms with Gasteiger partial charge in [-0.15, -0.1) is 0 Å². The minimum absolute atomic E-state index is 0.133. The first-order chi connectivity index (χ1) is 10.5. The number of aryl methyl sites for hydroxylation is 1. The SMILES string of the molecule is CCNC(=O)c1ccc(C)c(N2CC(C(=O)OC)CC2=O)c1. The highest BCUT2D eigenvalue weighted by Crippen LogP contribution is 2.29. The van der Waals surface area contributed by atoms with Crippen LogP contribution in [0.1, 0.15) is 29.3 Å². The monoisotopic (exact) mass is 304 g/mol. The molecule has 1 aromatic rings. The molecule has 0 radical (unpaired) electrons. The zero-order valence-corrected chi connectivity index (χ0v) is 13.0. The number of benzene rings is 1. The summed E-state index contributed by atoms with van der Waals surface area (Å²) in [6, 6.07) is 5.22. The summed E-state index contributed by atoms with van der Waals surface area (Å²) in [5.74, 6) is -1.15. The third-order valence-corrected chi connectivity index (χ3v) is 3.76. The van der Waals surface area contributed by atoms with Crippen LogP contribution in [0, 0.1) is 12.8 Å². The summed E-state index contributed by atoms with van der Waals surface area (Å²) in [5.41, 5.74) is 2.05. The van der Waals surface area contributed by atoms with Gasteiger partial charge in [0.2, 0.25) is 5.91 Å². The van der Waals surface area contributed by atoms with Crippen LogP contribution in [-0.4, -0.2) is 38.0 Å². The van der Waals surface area contributed by atoms with E-state index in [4.69, 9.17) is 4.74 Å². The second kappa shape index (κ2) is 6.60. The fraction of sp³-hybridized carbons (Fsp3) is 0.438. The maximum atomic E-state index is 12.2. The van der Waals surface area contributed by atoms with E-state index in [1.165, 1.54) is 7.11 Å². The van der Waals surface area contributed by atoms with Crippen LogP contribution < -0.4 is 10.2 Å². The number of esters is 1. The molecular formula is C16H20N2O4. The van der Waals surface area contributed by atoms with Crippen molar-refractivity contribution in [3.05, 3.63) is 29.3 Å². The Kier molecular flexibility index (Phi) is 4.80. The van der Waals surface area contributed by atoms with E-state index in [1.807, 2.05) is 13.8 Å². The van der Waals surface area contributed by atoms with Gasteiger partial charge in [-0.25, -0.2) is 0 Å². The summed E-state index contributed by atoms with van der Waals surface area (Å²) in [6.45, 7) is 4.54. The quantitative estimate of drug-likeness (QED) is 0.850. The molecule has 0 aliphatic carbocycles. The number of anilines is 1. The van der Waals surface area contributed by atoms with Crippen LogP contribution in [0.25, 0.3) is 0 Å². The average molecular weight is 304 g/mol. The molecular weight excluding hydrogens is 284 g/mol. The van der Waals surface area contributed by atoms with Gasteiger partial charge in [-0.1, -0.05) is 6.07 Å². The van der Waals surface area contributed by atoms with Gasteiger partial charge in [0.1, 0.15) is 0 Å². The molecule has 22 heavy (non-hydrogen) atoms. The molecule has 1 unspecified atom stereocenters. The first-order valence-corrected chi connectivity index (χ1v) is 7.25. The lowest BCUT2D eigenvalue weighted by Crippen LogP contribution is -2.28. The fourth-order valence-electron chi connectivity index (χ4n) is 2.57. The first kappa shape index (κ1) is 16.0. The van der Waals surface area contributed by atoms with Crippen molar-refractivity contribution in [2.24, 2.45) is 5.92 Å². The second-order valence-electron chi connectivity index (χ2n) is 5.29. The molecule has 1 aromatic carbocycles. The lowest BCUT2D eigenvalue weighted by atomic mass is 10.1. The topological polar surface area (TPSA) is 75.7 Å². The Hall–Kier alpha value is -2.37. The summed E-state index contributed by atoms with van der Waals surface area (Å²) in [4.78, 5) is 37.3. The van der Waals surface area contributed by atoms with Gasteiger partial charge < -0.3 is 15.0 Å². The third kappa shape index (κ3) is 3.10. The first-order valence-electron chi connectivity index (χ1n) is 7.25. The molecule has 0 spiro atoms. The minimum atomic E-state index is -0.454. The minimum Gasteiger partial charge on any atom is -0.469 e. The standard InChI is InChI=1S/C16H20N2O4/c1-4-17-15(20)11-6-5-10(2)13(7-11)18-9-12(8-14(18)19)16(21)22-3/h5-7,12H,4,8-9H2,1-3H3,(H,17,20). The van der Waals surface area contributed by atoms with Crippen LogP contribution in [0.5, 0.6) is 0 Å². The maximum Gasteiger partial charge on any atom is 0.311 e. The molecule has 2 rings (SSSR count). The lowest BCUT2D eigenvalue weighted by Gasteiger charge is -2.19. The van der Waals surface area contributed by atoms with Gasteiger partial charge in [-0.3, -0.25) is 14.4 Å². The van der Waals surface area contributed by atoms with Crippen LogP contribution in [0.3, 0.4) is 0 Å². The number of nitrogens with zero attached hydrogens (tertiary/aromatic N) is 1. The van der Waals surface area contributed by atoms with Gasteiger partial charge in [-0.2, -0.15) is 0 Å². The van der Waals surface area contributed by atoms with E-state index >= 15 is 0 Å². The van der Waals surface area contributed by atoms with E-state index < -0.39 is 5.92 Å². The Morgan fingerprint density at radius 1 is 1.41 bits per heavy atom. The second-order valence-corrected chi connectivity index (χ2v) is 5.29. The van der Waals surface area contributed by atoms with Gasteiger partial charge >= 0.3 is 5.97 Å². The molecule has 2 amide bonds. The Labute approximate surface area is 129 Å². The highest BCUT2D eigenvalue weighted by atomic mass is 16.5. The smallest absolute Gasteiger partial charge is 0.311 e. The van der Waals surface area contributed by atoms with E-state index in [-0.39, 0.29) is 30.7 Å². The fourth-order valence-corrected chi connectivity index (χ4v) is 2.57. The van der Waals surface area contributed by atoms with Crippen LogP contribution in [0.15, 0.2) is 18.2 Å². The van der Waals surface area contributed by atoms with Crippen molar-refractivity contribution in [1.29, 1.82) is 0 Å². The van der Waals surface area contributed by atoms with Crippen LogP contribution in [0.2, 0.25) is 0 Å². The van der Waals surface area contributed by atoms with Gasteiger partial charge in [0.25, 0.3) is 5.91 Å². The van der Waals surface area contributed by atoms with E-state index in [1.54, 1.807) is 23.1 Å². The van der Waals surface area contributed by atoms with Gasteiger partial charge in [0.15, 0.2) is 0 Å². The summed E-state index contributed by atoms with van der Waals surface area (Å²) in [7, 11) is 1.32. The summed E-state index contributed by atoms with van der Waals surface area (Å²) in [5, 5.41) is 2.73. The van der Waals surface area contributed by atoms with Gasteiger partial charge in [-0.05, 0) is 31.5 Å². The van der Waals surface area contributed by atoms with E-state index in [0.29, 0.717) is 17.8 Å². The van der Waals surface area contributed by atoms with Crippen LogP contribution in [-0.2, 0) is 14.3 Å². The van der Waals surface area contributed by atoms with E-state index in [0.717, 1.165) is 5.56 Å². The average Bonchev–Trinajstić information content (AvgIpc) is 2.89. The third-order valence-electron chi connectivity index (χ3n) is 3.76. The lowest BCUT2D eigenvalue weighted by molar-refractivity contribution is -0.145. The van der Waals surface area contributed by atoms with Crippen LogP contribution >= 0.6 is 0 Å². The van der Waals surface area contributed by atoms with Crippen molar-refractivity contribution in [2.75, 3.05) is 25.1 Å². The molecule has 1 saturated heterocycles. The van der Waals surface area contributed by atoms with Crippen molar-refractivity contribution < 1.29 is 19.1 Å². The van der Waals surface area contributed by atoms with Crippen molar-refractivity contribution in [1.82, 2.24) is 5.32 Å². The molecule has 0 bridgehead atoms. The van der Waals surface area contributed by atoms with E-state index in [9.17, 15) is 14.4 Å². The Morgan fingerprint density at radius 2 is 2.14 bits per heavy atom. The maximum absolute atomic E-state index is 12.2. The highest BCUT2D eigenvalue weighted by molar-refractivity contribution is 6.02. The predicted molar refractivity (Wildman–Crippen MR) is 81.7 cm³/mol. The molecule has 1 atom stereocenters. The number of carbonyl (C=O) groups excluding carboxylic acids is 3. The molecule has 0 saturated carbocycles. The Bertz CT molecular complexity index is 612. The highest BCUT2D eigenvalue weighted by Gasteiger charge is 2.36. The molecule has 6 heteroatoms. The van der Waals surface area contributed by atoms with Gasteiger partial charge in [0.05, 0.1) is 13.0 Å².